The SMILES string of the molecule is CCC1CC(C)CCC(C)C1. The van der Waals surface area contributed by atoms with Gasteiger partial charge >= 0.3 is 0 Å². The summed E-state index contributed by atoms with van der Waals surface area (Å²) in [5.41, 5.74) is 0. The summed E-state index contributed by atoms with van der Waals surface area (Å²) in [7, 11) is 0. The minimum atomic E-state index is 0.991. The monoisotopic (exact) mass is 154 g/mol. The number of hydrogen-bond acceptors (Lipinski definition) is 0. The van der Waals surface area contributed by atoms with Gasteiger partial charge in [-0.1, -0.05) is 40.0 Å². The lowest BCUT2D eigenvalue weighted by molar-refractivity contribution is 0.365. The first kappa shape index (κ1) is 9.09. The van der Waals surface area contributed by atoms with Gasteiger partial charge < -0.3 is 0 Å². The molecule has 0 saturated heterocycles. The Balaban J connectivity index is 2.41. The van der Waals surface area contributed by atoms with Crippen molar-refractivity contribution in [2.75, 3.05) is 0 Å². The van der Waals surface area contributed by atoms with Crippen LogP contribution in [0, 0.1) is 17.8 Å². The Labute approximate surface area is 71.4 Å². The molecule has 0 heteroatoms. The maximum atomic E-state index is 2.42. The fraction of sp³-hybridized carbons (Fsp3) is 1.00. The molecular weight excluding hydrogens is 132 g/mol. The predicted octanol–water partition coefficient (Wildman–Crippen LogP) is 3.86. The molecule has 0 aromatic rings. The minimum absolute atomic E-state index is 0.991. The van der Waals surface area contributed by atoms with Crippen molar-refractivity contribution in [3.63, 3.8) is 0 Å². The highest BCUT2D eigenvalue weighted by atomic mass is 14.2. The van der Waals surface area contributed by atoms with Gasteiger partial charge in [0, 0.05) is 0 Å². The Bertz CT molecular complexity index is 94.6. The molecule has 2 unspecified atom stereocenters. The fourth-order valence-electron chi connectivity index (χ4n) is 2.37. The summed E-state index contributed by atoms with van der Waals surface area (Å²) in [4.78, 5) is 0. The van der Waals surface area contributed by atoms with E-state index >= 15 is 0 Å². The van der Waals surface area contributed by atoms with Gasteiger partial charge in [-0.05, 0) is 30.6 Å². The second kappa shape index (κ2) is 4.13. The molecule has 1 aliphatic rings. The van der Waals surface area contributed by atoms with E-state index < -0.39 is 0 Å². The van der Waals surface area contributed by atoms with Crippen LogP contribution in [-0.4, -0.2) is 0 Å². The second-order valence-corrected chi connectivity index (χ2v) is 4.53. The van der Waals surface area contributed by atoms with Gasteiger partial charge in [0.25, 0.3) is 0 Å². The molecule has 0 N–H and O–H groups in total. The van der Waals surface area contributed by atoms with Crippen LogP contribution in [0.25, 0.3) is 0 Å². The van der Waals surface area contributed by atoms with Crippen molar-refractivity contribution in [3.05, 3.63) is 0 Å². The van der Waals surface area contributed by atoms with Crippen molar-refractivity contribution in [2.24, 2.45) is 17.8 Å². The highest BCUT2D eigenvalue weighted by Crippen LogP contribution is 2.32. The number of hydrogen-bond donors (Lipinski definition) is 0. The third-order valence-electron chi connectivity index (χ3n) is 3.20. The van der Waals surface area contributed by atoms with E-state index in [2.05, 4.69) is 20.8 Å². The summed E-state index contributed by atoms with van der Waals surface area (Å²) in [5.74, 6) is 3.01. The molecular formula is C11H22. The first-order valence-electron chi connectivity index (χ1n) is 5.22. The van der Waals surface area contributed by atoms with Crippen LogP contribution in [0.4, 0.5) is 0 Å². The van der Waals surface area contributed by atoms with Crippen molar-refractivity contribution in [2.45, 2.75) is 52.9 Å². The molecule has 1 fully saturated rings. The lowest BCUT2D eigenvalue weighted by Gasteiger charge is -2.15. The molecule has 11 heavy (non-hydrogen) atoms. The van der Waals surface area contributed by atoms with E-state index in [1.807, 2.05) is 0 Å². The Hall–Kier alpha value is 0. The van der Waals surface area contributed by atoms with Gasteiger partial charge in [0.2, 0.25) is 0 Å². The van der Waals surface area contributed by atoms with Crippen LogP contribution in [0.15, 0.2) is 0 Å². The molecule has 0 spiro atoms. The quantitative estimate of drug-likeness (QED) is 0.503. The fourth-order valence-corrected chi connectivity index (χ4v) is 2.37. The van der Waals surface area contributed by atoms with E-state index in [0.29, 0.717) is 0 Å². The van der Waals surface area contributed by atoms with Gasteiger partial charge in [-0.25, -0.2) is 0 Å². The van der Waals surface area contributed by atoms with Crippen molar-refractivity contribution in [1.29, 1.82) is 0 Å². The van der Waals surface area contributed by atoms with E-state index in [1.165, 1.54) is 32.1 Å². The molecule has 1 saturated carbocycles. The third-order valence-corrected chi connectivity index (χ3v) is 3.20. The molecule has 0 nitrogen and oxygen atoms in total. The van der Waals surface area contributed by atoms with Crippen LogP contribution >= 0.6 is 0 Å². The number of rotatable bonds is 1. The molecule has 0 aromatic carbocycles. The van der Waals surface area contributed by atoms with Gasteiger partial charge in [-0.15, -0.1) is 0 Å². The predicted molar refractivity (Wildman–Crippen MR) is 50.6 cm³/mol. The maximum absolute atomic E-state index is 2.42. The van der Waals surface area contributed by atoms with Crippen LogP contribution in [0.3, 0.4) is 0 Å². The first-order valence-corrected chi connectivity index (χ1v) is 5.22. The molecule has 66 valence electrons. The minimum Gasteiger partial charge on any atom is -0.0651 e. The van der Waals surface area contributed by atoms with Gasteiger partial charge in [-0.3, -0.25) is 0 Å². The summed E-state index contributed by atoms with van der Waals surface area (Å²) < 4.78 is 0. The molecule has 2 atom stereocenters. The zero-order valence-electron chi connectivity index (χ0n) is 8.27. The van der Waals surface area contributed by atoms with Crippen molar-refractivity contribution in [1.82, 2.24) is 0 Å². The second-order valence-electron chi connectivity index (χ2n) is 4.53. The van der Waals surface area contributed by atoms with Gasteiger partial charge in [0.05, 0.1) is 0 Å². The van der Waals surface area contributed by atoms with Crippen LogP contribution < -0.4 is 0 Å². The molecule has 0 radical (unpaired) electrons. The standard InChI is InChI=1S/C11H22/c1-4-11-7-9(2)5-6-10(3)8-11/h9-11H,4-8H2,1-3H3. The van der Waals surface area contributed by atoms with Crippen LogP contribution in [0.1, 0.15) is 52.9 Å². The molecule has 0 aromatic heterocycles. The summed E-state index contributed by atoms with van der Waals surface area (Å²) in [6, 6.07) is 0. The average molecular weight is 154 g/mol. The van der Waals surface area contributed by atoms with Crippen molar-refractivity contribution < 1.29 is 0 Å². The van der Waals surface area contributed by atoms with Gasteiger partial charge in [0.15, 0.2) is 0 Å². The molecule has 0 bridgehead atoms. The van der Waals surface area contributed by atoms with Crippen LogP contribution in [-0.2, 0) is 0 Å². The Kier molecular flexibility index (Phi) is 3.42. The molecule has 0 aliphatic heterocycles. The topological polar surface area (TPSA) is 0 Å². The van der Waals surface area contributed by atoms with E-state index in [-0.39, 0.29) is 0 Å². The summed E-state index contributed by atoms with van der Waals surface area (Å²) in [5, 5.41) is 0. The Morgan fingerprint density at radius 2 is 1.45 bits per heavy atom. The van der Waals surface area contributed by atoms with Gasteiger partial charge in [0.1, 0.15) is 0 Å². The van der Waals surface area contributed by atoms with E-state index in [9.17, 15) is 0 Å². The van der Waals surface area contributed by atoms with E-state index in [4.69, 9.17) is 0 Å². The zero-order chi connectivity index (χ0) is 8.27. The Morgan fingerprint density at radius 1 is 1.00 bits per heavy atom. The maximum Gasteiger partial charge on any atom is -0.0412 e. The first-order chi connectivity index (χ1) is 5.22. The summed E-state index contributed by atoms with van der Waals surface area (Å²) in [6.45, 7) is 7.18. The highest BCUT2D eigenvalue weighted by molar-refractivity contribution is 4.71. The van der Waals surface area contributed by atoms with Gasteiger partial charge in [-0.2, -0.15) is 0 Å². The molecule has 0 amide bonds. The summed E-state index contributed by atoms with van der Waals surface area (Å²) in [6.07, 6.45) is 7.31. The highest BCUT2D eigenvalue weighted by Gasteiger charge is 2.19. The zero-order valence-corrected chi connectivity index (χ0v) is 8.27. The third kappa shape index (κ3) is 2.84. The molecule has 1 rings (SSSR count). The molecule has 1 aliphatic carbocycles. The van der Waals surface area contributed by atoms with Crippen LogP contribution in [0.5, 0.6) is 0 Å². The summed E-state index contributed by atoms with van der Waals surface area (Å²) >= 11 is 0. The lowest BCUT2D eigenvalue weighted by Crippen LogP contribution is -2.03. The smallest absolute Gasteiger partial charge is 0.0412 e. The Morgan fingerprint density at radius 3 is 1.82 bits per heavy atom. The van der Waals surface area contributed by atoms with E-state index in [0.717, 1.165) is 17.8 Å². The lowest BCUT2D eigenvalue weighted by atomic mass is 9.91. The largest absolute Gasteiger partial charge is 0.0651 e. The average Bonchev–Trinajstić information content (AvgIpc) is 2.13. The van der Waals surface area contributed by atoms with Crippen molar-refractivity contribution in [3.8, 4) is 0 Å². The van der Waals surface area contributed by atoms with E-state index in [1.54, 1.807) is 0 Å². The van der Waals surface area contributed by atoms with Crippen LogP contribution in [0.2, 0.25) is 0 Å². The normalized spacial score (nSPS) is 40.1. The van der Waals surface area contributed by atoms with Crippen molar-refractivity contribution >= 4 is 0 Å². The molecule has 0 heterocycles.